The van der Waals surface area contributed by atoms with Crippen molar-refractivity contribution in [3.8, 4) is 0 Å². The van der Waals surface area contributed by atoms with E-state index < -0.39 is 5.79 Å². The number of hydrogen-bond donors (Lipinski definition) is 1. The van der Waals surface area contributed by atoms with Gasteiger partial charge in [-0.3, -0.25) is 0 Å². The van der Waals surface area contributed by atoms with E-state index in [2.05, 4.69) is 36.2 Å². The number of ether oxygens (including phenoxy) is 2. The lowest BCUT2D eigenvalue weighted by Gasteiger charge is -2.23. The molecule has 4 heteroatoms. The molecular weight excluding hydrogens is 270 g/mol. The molecule has 3 nitrogen and oxygen atoms in total. The average molecular weight is 291 g/mol. The van der Waals surface area contributed by atoms with Gasteiger partial charge in [0.25, 0.3) is 0 Å². The summed E-state index contributed by atoms with van der Waals surface area (Å²) in [6.07, 6.45) is 2.10. The van der Waals surface area contributed by atoms with Gasteiger partial charge in [-0.25, -0.2) is 0 Å². The molecule has 1 aromatic carbocycles. The summed E-state index contributed by atoms with van der Waals surface area (Å²) in [5.41, 5.74) is 0. The van der Waals surface area contributed by atoms with Gasteiger partial charge in [-0.1, -0.05) is 24.3 Å². The molecule has 0 amide bonds. The molecule has 1 aromatic rings. The second-order valence-electron chi connectivity index (χ2n) is 5.72. The minimum Gasteiger partial charge on any atom is -0.343 e. The van der Waals surface area contributed by atoms with Crippen LogP contribution in [-0.2, 0) is 9.47 Å². The Bertz CT molecular complexity index is 477. The molecule has 0 spiro atoms. The smallest absolute Gasteiger partial charge is 0.163 e. The lowest BCUT2D eigenvalue weighted by molar-refractivity contribution is -0.154. The Balaban J connectivity index is 1.66. The summed E-state index contributed by atoms with van der Waals surface area (Å²) >= 11 is 1.85. The van der Waals surface area contributed by atoms with E-state index in [9.17, 15) is 0 Å². The third-order valence-corrected chi connectivity index (χ3v) is 4.88. The van der Waals surface area contributed by atoms with E-state index in [0.29, 0.717) is 0 Å². The van der Waals surface area contributed by atoms with E-state index >= 15 is 0 Å². The third-order valence-electron chi connectivity index (χ3n) is 3.75. The normalized spacial score (nSPS) is 34.9. The van der Waals surface area contributed by atoms with Crippen LogP contribution in [0.3, 0.4) is 0 Å². The van der Waals surface area contributed by atoms with E-state index in [1.807, 2.05) is 37.8 Å². The van der Waals surface area contributed by atoms with Crippen LogP contribution in [0.5, 0.6) is 0 Å². The molecule has 4 atom stereocenters. The Labute approximate surface area is 124 Å². The summed E-state index contributed by atoms with van der Waals surface area (Å²) in [6.45, 7) is 7.86. The first-order valence-corrected chi connectivity index (χ1v) is 8.00. The fraction of sp³-hybridized carbons (Fsp3) is 0.500. The summed E-state index contributed by atoms with van der Waals surface area (Å²) < 4.78 is 12.1. The van der Waals surface area contributed by atoms with Crippen molar-refractivity contribution < 1.29 is 9.47 Å². The Morgan fingerprint density at radius 3 is 2.65 bits per heavy atom. The lowest BCUT2D eigenvalue weighted by Crippen LogP contribution is -2.39. The highest BCUT2D eigenvalue weighted by molar-refractivity contribution is 7.99. The monoisotopic (exact) mass is 291 g/mol. The zero-order chi connectivity index (χ0) is 14.2. The number of benzene rings is 1. The Morgan fingerprint density at radius 1 is 1.25 bits per heavy atom. The summed E-state index contributed by atoms with van der Waals surface area (Å²) in [6, 6.07) is 10.9. The van der Waals surface area contributed by atoms with Crippen LogP contribution in [-0.4, -0.2) is 35.8 Å². The fourth-order valence-corrected chi connectivity index (χ4v) is 3.90. The molecule has 2 saturated heterocycles. The van der Waals surface area contributed by atoms with Gasteiger partial charge >= 0.3 is 0 Å². The largest absolute Gasteiger partial charge is 0.343 e. The summed E-state index contributed by atoms with van der Waals surface area (Å²) in [4.78, 5) is 1.28. The standard InChI is InChI=1S/C16H21NO2S/c1-4-12-14-15(19-16(2,3)18-14)13(17-12)10-20-11-8-6-5-7-9-11/h4-9,12-15,17H,1,10H2,2-3H3/t12-,13-,14-,15+/m0/s1. The zero-order valence-electron chi connectivity index (χ0n) is 11.9. The van der Waals surface area contributed by atoms with Crippen molar-refractivity contribution >= 4 is 11.8 Å². The maximum absolute atomic E-state index is 6.06. The van der Waals surface area contributed by atoms with Crippen LogP contribution < -0.4 is 5.32 Å². The molecule has 1 N–H and O–H groups in total. The van der Waals surface area contributed by atoms with E-state index in [4.69, 9.17) is 9.47 Å². The van der Waals surface area contributed by atoms with Gasteiger partial charge in [-0.2, -0.15) is 0 Å². The van der Waals surface area contributed by atoms with Gasteiger partial charge in [0.05, 0.1) is 6.04 Å². The predicted molar refractivity (Wildman–Crippen MR) is 81.9 cm³/mol. The van der Waals surface area contributed by atoms with E-state index in [0.717, 1.165) is 5.75 Å². The summed E-state index contributed by atoms with van der Waals surface area (Å²) in [7, 11) is 0. The number of rotatable bonds is 4. The van der Waals surface area contributed by atoms with Crippen molar-refractivity contribution in [1.82, 2.24) is 5.32 Å². The molecule has 108 valence electrons. The quantitative estimate of drug-likeness (QED) is 0.682. The van der Waals surface area contributed by atoms with Crippen molar-refractivity contribution in [3.05, 3.63) is 43.0 Å². The Hall–Kier alpha value is -0.810. The highest BCUT2D eigenvalue weighted by Gasteiger charge is 2.52. The maximum Gasteiger partial charge on any atom is 0.163 e. The molecule has 0 radical (unpaired) electrons. The Kier molecular flexibility index (Phi) is 3.91. The summed E-state index contributed by atoms with van der Waals surface area (Å²) in [5, 5.41) is 3.56. The molecule has 2 fully saturated rings. The van der Waals surface area contributed by atoms with Crippen molar-refractivity contribution in [2.24, 2.45) is 0 Å². The molecule has 0 unspecified atom stereocenters. The second-order valence-corrected chi connectivity index (χ2v) is 6.82. The van der Waals surface area contributed by atoms with Gasteiger partial charge in [-0.15, -0.1) is 18.3 Å². The molecule has 3 rings (SSSR count). The van der Waals surface area contributed by atoms with Crippen LogP contribution in [0.15, 0.2) is 47.9 Å². The van der Waals surface area contributed by atoms with Crippen LogP contribution in [0.25, 0.3) is 0 Å². The fourth-order valence-electron chi connectivity index (χ4n) is 2.89. The molecule has 0 bridgehead atoms. The zero-order valence-corrected chi connectivity index (χ0v) is 12.7. The molecule has 2 heterocycles. The first-order chi connectivity index (χ1) is 9.59. The number of thioether (sulfide) groups is 1. The number of hydrogen-bond acceptors (Lipinski definition) is 4. The van der Waals surface area contributed by atoms with Gasteiger partial charge in [-0.05, 0) is 26.0 Å². The first-order valence-electron chi connectivity index (χ1n) is 7.01. The second kappa shape index (κ2) is 5.53. The van der Waals surface area contributed by atoms with Gasteiger partial charge in [0.2, 0.25) is 0 Å². The van der Waals surface area contributed by atoms with Gasteiger partial charge in [0, 0.05) is 16.7 Å². The first kappa shape index (κ1) is 14.1. The van der Waals surface area contributed by atoms with Crippen LogP contribution in [0.2, 0.25) is 0 Å². The van der Waals surface area contributed by atoms with Crippen LogP contribution in [0.4, 0.5) is 0 Å². The van der Waals surface area contributed by atoms with Gasteiger partial charge < -0.3 is 14.8 Å². The van der Waals surface area contributed by atoms with Crippen LogP contribution >= 0.6 is 11.8 Å². The molecule has 0 saturated carbocycles. The Morgan fingerprint density at radius 2 is 1.95 bits per heavy atom. The lowest BCUT2D eigenvalue weighted by atomic mass is 10.1. The third kappa shape index (κ3) is 2.79. The highest BCUT2D eigenvalue weighted by atomic mass is 32.2. The molecule has 0 aliphatic carbocycles. The van der Waals surface area contributed by atoms with E-state index in [1.54, 1.807) is 0 Å². The SMILES string of the molecule is C=C[C@@H]1N[C@@H](CSc2ccccc2)[C@H]2OC(C)(C)O[C@H]21. The van der Waals surface area contributed by atoms with E-state index in [1.165, 1.54) is 4.90 Å². The van der Waals surface area contributed by atoms with Crippen molar-refractivity contribution in [2.75, 3.05) is 5.75 Å². The molecule has 2 aliphatic heterocycles. The van der Waals surface area contributed by atoms with Crippen molar-refractivity contribution in [2.45, 2.75) is 48.8 Å². The summed E-state index contributed by atoms with van der Waals surface area (Å²) in [5.74, 6) is 0.476. The minimum absolute atomic E-state index is 0.0730. The molecule has 0 aromatic heterocycles. The molecule has 2 aliphatic rings. The van der Waals surface area contributed by atoms with Gasteiger partial charge in [0.15, 0.2) is 5.79 Å². The minimum atomic E-state index is -0.492. The topological polar surface area (TPSA) is 30.5 Å². The molecule has 20 heavy (non-hydrogen) atoms. The van der Waals surface area contributed by atoms with Gasteiger partial charge in [0.1, 0.15) is 12.2 Å². The van der Waals surface area contributed by atoms with Crippen molar-refractivity contribution in [3.63, 3.8) is 0 Å². The number of nitrogens with one attached hydrogen (secondary N) is 1. The van der Waals surface area contributed by atoms with Crippen LogP contribution in [0.1, 0.15) is 13.8 Å². The average Bonchev–Trinajstić information content (AvgIpc) is 2.91. The molecular formula is C16H21NO2S. The number of fused-ring (bicyclic) bond motifs is 1. The maximum atomic E-state index is 6.06. The van der Waals surface area contributed by atoms with Crippen molar-refractivity contribution in [1.29, 1.82) is 0 Å². The van der Waals surface area contributed by atoms with E-state index in [-0.39, 0.29) is 24.3 Å². The van der Waals surface area contributed by atoms with Crippen LogP contribution in [0, 0.1) is 0 Å². The highest BCUT2D eigenvalue weighted by Crippen LogP contribution is 2.37. The predicted octanol–water partition coefficient (Wildman–Crippen LogP) is 2.83.